The van der Waals surface area contributed by atoms with Gasteiger partial charge in [0.15, 0.2) is 0 Å². The Morgan fingerprint density at radius 2 is 1.69 bits per heavy atom. The van der Waals surface area contributed by atoms with E-state index in [0.29, 0.717) is 22.0 Å². The lowest BCUT2D eigenvalue weighted by Gasteiger charge is -2.33. The van der Waals surface area contributed by atoms with E-state index in [2.05, 4.69) is 5.32 Å². The van der Waals surface area contributed by atoms with Crippen molar-refractivity contribution < 1.29 is 22.7 Å². The molecule has 0 aliphatic heterocycles. The number of rotatable bonds is 11. The van der Waals surface area contributed by atoms with Crippen molar-refractivity contribution in [3.05, 3.63) is 87.9 Å². The third-order valence-corrected chi connectivity index (χ3v) is 8.70. The van der Waals surface area contributed by atoms with E-state index in [1.165, 1.54) is 31.2 Å². The first-order chi connectivity index (χ1) is 18.5. The second-order valence-electron chi connectivity index (χ2n) is 8.81. The first kappa shape index (κ1) is 30.3. The highest BCUT2D eigenvalue weighted by molar-refractivity contribution is 7.92. The highest BCUT2D eigenvalue weighted by Gasteiger charge is 2.34. The van der Waals surface area contributed by atoms with E-state index in [-0.39, 0.29) is 28.8 Å². The van der Waals surface area contributed by atoms with Crippen LogP contribution in [0, 0.1) is 6.92 Å². The number of hydrogen-bond donors (Lipinski definition) is 1. The summed E-state index contributed by atoms with van der Waals surface area (Å²) < 4.78 is 34.4. The zero-order valence-electron chi connectivity index (χ0n) is 22.1. The van der Waals surface area contributed by atoms with Crippen molar-refractivity contribution in [3.63, 3.8) is 0 Å². The molecule has 0 radical (unpaired) electrons. The van der Waals surface area contributed by atoms with Gasteiger partial charge in [-0.2, -0.15) is 0 Å². The average molecular weight is 593 g/mol. The van der Waals surface area contributed by atoms with E-state index in [1.54, 1.807) is 61.5 Å². The fourth-order valence-electron chi connectivity index (χ4n) is 4.15. The summed E-state index contributed by atoms with van der Waals surface area (Å²) in [5.74, 6) is -0.682. The van der Waals surface area contributed by atoms with E-state index >= 15 is 0 Å². The first-order valence-electron chi connectivity index (χ1n) is 12.2. The lowest BCUT2D eigenvalue weighted by molar-refractivity contribution is -0.140. The molecule has 0 aliphatic carbocycles. The normalized spacial score (nSPS) is 11.9. The van der Waals surface area contributed by atoms with Crippen molar-refractivity contribution >= 4 is 50.7 Å². The Morgan fingerprint density at radius 3 is 2.28 bits per heavy atom. The molecule has 0 unspecified atom stereocenters. The number of anilines is 1. The minimum absolute atomic E-state index is 0.00578. The van der Waals surface area contributed by atoms with Crippen LogP contribution in [-0.4, -0.2) is 51.9 Å². The molecule has 8 nitrogen and oxygen atoms in total. The molecule has 0 heterocycles. The standard InChI is InChI=1S/C28H31Cl2N3O5S/c1-5-24(28(35)31-3)32(17-20-12-13-22(29)23(30)16-20)27(34)18-33(25-15-19(2)11-14-26(25)38-4)39(36,37)21-9-7-6-8-10-21/h6-16,24H,5,17-18H2,1-4H3,(H,31,35)/t24-/m0/s1. The minimum Gasteiger partial charge on any atom is -0.495 e. The Kier molecular flexibility index (Phi) is 10.2. The Hall–Kier alpha value is -3.27. The summed E-state index contributed by atoms with van der Waals surface area (Å²) in [6.45, 7) is 3.02. The van der Waals surface area contributed by atoms with Crippen molar-refractivity contribution in [1.82, 2.24) is 10.2 Å². The second-order valence-corrected chi connectivity index (χ2v) is 11.5. The maximum atomic E-state index is 14.0. The predicted octanol–water partition coefficient (Wildman–Crippen LogP) is 5.06. The third-order valence-electron chi connectivity index (χ3n) is 6.18. The lowest BCUT2D eigenvalue weighted by Crippen LogP contribution is -2.51. The molecule has 0 spiro atoms. The summed E-state index contributed by atoms with van der Waals surface area (Å²) in [6.07, 6.45) is 0.298. The molecule has 1 atom stereocenters. The van der Waals surface area contributed by atoms with Crippen LogP contribution in [0.25, 0.3) is 0 Å². The number of halogens is 2. The number of carbonyl (C=O) groups is 2. The topological polar surface area (TPSA) is 96.0 Å². The largest absolute Gasteiger partial charge is 0.495 e. The van der Waals surface area contributed by atoms with Crippen LogP contribution in [-0.2, 0) is 26.2 Å². The van der Waals surface area contributed by atoms with Crippen molar-refractivity contribution in [2.24, 2.45) is 0 Å². The fraction of sp³-hybridized carbons (Fsp3) is 0.286. The van der Waals surface area contributed by atoms with Crippen molar-refractivity contribution in [2.75, 3.05) is 25.0 Å². The summed E-state index contributed by atoms with van der Waals surface area (Å²) in [4.78, 5) is 28.2. The van der Waals surface area contributed by atoms with E-state index in [9.17, 15) is 18.0 Å². The molecule has 0 bridgehead atoms. The summed E-state index contributed by atoms with van der Waals surface area (Å²) in [6, 6.07) is 17.0. The molecular weight excluding hydrogens is 561 g/mol. The lowest BCUT2D eigenvalue weighted by atomic mass is 10.1. The number of methoxy groups -OCH3 is 1. The molecule has 1 N–H and O–H groups in total. The molecule has 39 heavy (non-hydrogen) atoms. The van der Waals surface area contributed by atoms with Gasteiger partial charge in [-0.3, -0.25) is 13.9 Å². The zero-order valence-corrected chi connectivity index (χ0v) is 24.5. The molecule has 11 heteroatoms. The van der Waals surface area contributed by atoms with E-state index in [1.807, 2.05) is 6.92 Å². The van der Waals surface area contributed by atoms with E-state index in [0.717, 1.165) is 9.87 Å². The van der Waals surface area contributed by atoms with Gasteiger partial charge in [0.1, 0.15) is 18.3 Å². The van der Waals surface area contributed by atoms with Gasteiger partial charge in [0.05, 0.1) is 27.7 Å². The second kappa shape index (κ2) is 13.2. The highest BCUT2D eigenvalue weighted by atomic mass is 35.5. The van der Waals surface area contributed by atoms with Gasteiger partial charge in [-0.1, -0.05) is 60.5 Å². The molecule has 208 valence electrons. The Bertz CT molecular complexity index is 1430. The molecule has 0 saturated heterocycles. The van der Waals surface area contributed by atoms with Gasteiger partial charge in [0.25, 0.3) is 10.0 Å². The van der Waals surface area contributed by atoms with Crippen LogP contribution >= 0.6 is 23.2 Å². The SMILES string of the molecule is CC[C@@H](C(=O)NC)N(Cc1ccc(Cl)c(Cl)c1)C(=O)CN(c1cc(C)ccc1OC)S(=O)(=O)c1ccccc1. The number of likely N-dealkylation sites (N-methyl/N-ethyl adjacent to an activating group) is 1. The Labute approximate surface area is 239 Å². The van der Waals surface area contributed by atoms with Gasteiger partial charge < -0.3 is 15.0 Å². The zero-order chi connectivity index (χ0) is 28.7. The van der Waals surface area contributed by atoms with Crippen LogP contribution in [0.5, 0.6) is 5.75 Å². The monoisotopic (exact) mass is 591 g/mol. The van der Waals surface area contributed by atoms with Gasteiger partial charge in [0.2, 0.25) is 11.8 Å². The maximum absolute atomic E-state index is 14.0. The minimum atomic E-state index is -4.21. The smallest absolute Gasteiger partial charge is 0.264 e. The summed E-state index contributed by atoms with van der Waals surface area (Å²) in [5.41, 5.74) is 1.61. The number of sulfonamides is 1. The number of amides is 2. The number of benzene rings is 3. The molecule has 3 aromatic rings. The molecule has 0 aliphatic rings. The van der Waals surface area contributed by atoms with Gasteiger partial charge >= 0.3 is 0 Å². The summed E-state index contributed by atoms with van der Waals surface area (Å²) in [5, 5.41) is 3.24. The highest BCUT2D eigenvalue weighted by Crippen LogP contribution is 2.34. The number of nitrogens with one attached hydrogen (secondary N) is 1. The van der Waals surface area contributed by atoms with Gasteiger partial charge in [0, 0.05) is 13.6 Å². The van der Waals surface area contributed by atoms with E-state index < -0.39 is 28.5 Å². The molecule has 3 aromatic carbocycles. The van der Waals surface area contributed by atoms with Crippen LogP contribution in [0.15, 0.2) is 71.6 Å². The Balaban J connectivity index is 2.13. The van der Waals surface area contributed by atoms with E-state index in [4.69, 9.17) is 27.9 Å². The van der Waals surface area contributed by atoms with Crippen molar-refractivity contribution in [2.45, 2.75) is 37.8 Å². The molecule has 2 amide bonds. The maximum Gasteiger partial charge on any atom is 0.264 e. The number of carbonyl (C=O) groups excluding carboxylic acids is 2. The molecule has 3 rings (SSSR count). The van der Waals surface area contributed by atoms with Crippen LogP contribution in [0.2, 0.25) is 10.0 Å². The van der Waals surface area contributed by atoms with Crippen molar-refractivity contribution in [1.29, 1.82) is 0 Å². The first-order valence-corrected chi connectivity index (χ1v) is 14.4. The number of nitrogens with zero attached hydrogens (tertiary/aromatic N) is 2. The van der Waals surface area contributed by atoms with Crippen LogP contribution in [0.1, 0.15) is 24.5 Å². The van der Waals surface area contributed by atoms with Crippen LogP contribution in [0.4, 0.5) is 5.69 Å². The average Bonchev–Trinajstić information content (AvgIpc) is 2.93. The van der Waals surface area contributed by atoms with Crippen LogP contribution < -0.4 is 14.4 Å². The fourth-order valence-corrected chi connectivity index (χ4v) is 5.91. The summed E-state index contributed by atoms with van der Waals surface area (Å²) >= 11 is 12.3. The summed E-state index contributed by atoms with van der Waals surface area (Å²) in [7, 11) is -1.30. The molecule has 0 aromatic heterocycles. The van der Waals surface area contributed by atoms with Gasteiger partial charge in [-0.05, 0) is 60.9 Å². The number of aryl methyl sites for hydroxylation is 1. The van der Waals surface area contributed by atoms with Gasteiger partial charge in [-0.25, -0.2) is 8.42 Å². The quantitative estimate of drug-likeness (QED) is 0.336. The molecule has 0 fully saturated rings. The molecular formula is C28H31Cl2N3O5S. The molecule has 0 saturated carbocycles. The number of hydrogen-bond acceptors (Lipinski definition) is 5. The Morgan fingerprint density at radius 1 is 1.00 bits per heavy atom. The third kappa shape index (κ3) is 7.03. The van der Waals surface area contributed by atoms with Crippen molar-refractivity contribution in [3.8, 4) is 5.75 Å². The predicted molar refractivity (Wildman–Crippen MR) is 154 cm³/mol. The van der Waals surface area contributed by atoms with Crippen LogP contribution in [0.3, 0.4) is 0 Å². The number of ether oxygens (including phenoxy) is 1. The van der Waals surface area contributed by atoms with Gasteiger partial charge in [-0.15, -0.1) is 0 Å².